The molecule has 15 heteroatoms. The highest BCUT2D eigenvalue weighted by molar-refractivity contribution is 5.88. The third-order valence-corrected chi connectivity index (χ3v) is 7.21. The maximum atomic E-state index is 13.7. The molecule has 0 amide bonds. The predicted molar refractivity (Wildman–Crippen MR) is 139 cm³/mol. The van der Waals surface area contributed by atoms with E-state index in [4.69, 9.17) is 23.4 Å². The number of phenols is 3. The summed E-state index contributed by atoms with van der Waals surface area (Å²) >= 11 is 0. The number of ether oxygens (including phenoxy) is 4. The third-order valence-electron chi connectivity index (χ3n) is 7.21. The molecule has 1 aromatic heterocycles. The lowest BCUT2D eigenvalue weighted by Crippen LogP contribution is -2.64. The summed E-state index contributed by atoms with van der Waals surface area (Å²) in [5.41, 5.74) is -0.995. The number of fused-ring (bicyclic) bond motifs is 1. The molecule has 0 radical (unpaired) electrons. The van der Waals surface area contributed by atoms with E-state index in [0.717, 1.165) is 12.1 Å². The Morgan fingerprint density at radius 1 is 0.810 bits per heavy atom. The van der Waals surface area contributed by atoms with Crippen molar-refractivity contribution in [3.63, 3.8) is 0 Å². The van der Waals surface area contributed by atoms with E-state index in [9.17, 15) is 50.8 Å². The zero-order chi connectivity index (χ0) is 30.5. The van der Waals surface area contributed by atoms with Gasteiger partial charge in [0.1, 0.15) is 64.8 Å². The first-order valence-corrected chi connectivity index (χ1v) is 12.9. The number of aromatic hydroxyl groups is 3. The largest absolute Gasteiger partial charge is 0.508 e. The van der Waals surface area contributed by atoms with Gasteiger partial charge in [0.15, 0.2) is 18.2 Å². The van der Waals surface area contributed by atoms with Crippen molar-refractivity contribution in [2.24, 2.45) is 0 Å². The average Bonchev–Trinajstić information content (AvgIpc) is 2.95. The van der Waals surface area contributed by atoms with Crippen molar-refractivity contribution in [2.45, 2.75) is 68.3 Å². The molecule has 0 unspecified atom stereocenters. The van der Waals surface area contributed by atoms with Gasteiger partial charge in [-0.25, -0.2) is 0 Å². The monoisotopic (exact) mass is 594 g/mol. The maximum Gasteiger partial charge on any atom is 0.239 e. The standard InChI is InChI=1S/C27H30O15/c1-9-17(32)20(35)22(37)26(38-9)42-25-21(36)18(33)15(8-28)40-27(25)41-24-19(34)16-13(31)6-12(30)7-14(16)39-23(24)10-2-4-11(29)5-3-10/h2-7,9,15,17-18,20-22,25-33,35-37H,8H2,1H3/t9-,15+,17+,18+,20+,21-,22+,25+,26-,27-/m0/s1. The van der Waals surface area contributed by atoms with E-state index in [0.29, 0.717) is 0 Å². The third kappa shape index (κ3) is 5.37. The molecular formula is C27H30O15. The van der Waals surface area contributed by atoms with Gasteiger partial charge in [-0.05, 0) is 31.2 Å². The Hall–Kier alpha value is -3.51. The number of phenolic OH excluding ortho intramolecular Hbond substituents is 3. The number of aliphatic hydroxyl groups excluding tert-OH is 6. The van der Waals surface area contributed by atoms with E-state index in [1.54, 1.807) is 0 Å². The lowest BCUT2D eigenvalue weighted by molar-refractivity contribution is -0.354. The van der Waals surface area contributed by atoms with Crippen LogP contribution in [0.2, 0.25) is 0 Å². The van der Waals surface area contributed by atoms with Crippen LogP contribution >= 0.6 is 0 Å². The van der Waals surface area contributed by atoms with Gasteiger partial charge in [-0.2, -0.15) is 0 Å². The Bertz CT molecular complexity index is 1470. The zero-order valence-corrected chi connectivity index (χ0v) is 21.9. The molecule has 0 aliphatic carbocycles. The topological polar surface area (TPSA) is 249 Å². The molecule has 9 N–H and O–H groups in total. The summed E-state index contributed by atoms with van der Waals surface area (Å²) in [5, 5.41) is 91.6. The Kier molecular flexibility index (Phi) is 8.30. The number of hydrogen-bond donors (Lipinski definition) is 9. The molecular weight excluding hydrogens is 564 g/mol. The average molecular weight is 595 g/mol. The fourth-order valence-corrected chi connectivity index (χ4v) is 4.87. The normalized spacial score (nSPS) is 33.5. The van der Waals surface area contributed by atoms with E-state index < -0.39 is 96.1 Å². The second-order valence-corrected chi connectivity index (χ2v) is 10.1. The SMILES string of the molecule is C[C@@H]1O[C@@H](O[C@H]2[C@H](Oc3c(-c4ccc(O)cc4)oc4cc(O)cc(O)c4c3=O)O[C@H](CO)[C@@H](O)[C@@H]2O)[C@H](O)[C@H](O)[C@@H]1O. The van der Waals surface area contributed by atoms with Crippen LogP contribution in [0.15, 0.2) is 45.6 Å². The minimum atomic E-state index is -1.87. The molecule has 5 rings (SSSR count). The van der Waals surface area contributed by atoms with Gasteiger partial charge >= 0.3 is 0 Å². The maximum absolute atomic E-state index is 13.7. The van der Waals surface area contributed by atoms with Crippen molar-refractivity contribution in [3.05, 3.63) is 46.6 Å². The molecule has 228 valence electrons. The molecule has 42 heavy (non-hydrogen) atoms. The highest BCUT2D eigenvalue weighted by Gasteiger charge is 2.51. The first-order valence-electron chi connectivity index (χ1n) is 12.9. The summed E-state index contributed by atoms with van der Waals surface area (Å²) in [6.45, 7) is 0.593. The lowest BCUT2D eigenvalue weighted by atomic mass is 9.97. The first kappa shape index (κ1) is 30.0. The molecule has 3 aromatic rings. The van der Waals surface area contributed by atoms with Crippen molar-refractivity contribution in [1.29, 1.82) is 0 Å². The molecule has 2 aliphatic rings. The van der Waals surface area contributed by atoms with Gasteiger partial charge in [-0.1, -0.05) is 0 Å². The summed E-state index contributed by atoms with van der Waals surface area (Å²) in [6, 6.07) is 7.31. The minimum Gasteiger partial charge on any atom is -0.508 e. The van der Waals surface area contributed by atoms with E-state index in [-0.39, 0.29) is 22.7 Å². The van der Waals surface area contributed by atoms with Crippen molar-refractivity contribution in [3.8, 4) is 34.3 Å². The smallest absolute Gasteiger partial charge is 0.239 e. The van der Waals surface area contributed by atoms with Gasteiger partial charge in [0.25, 0.3) is 0 Å². The van der Waals surface area contributed by atoms with Crippen LogP contribution in [0.1, 0.15) is 6.92 Å². The molecule has 0 spiro atoms. The summed E-state index contributed by atoms with van der Waals surface area (Å²) in [4.78, 5) is 13.7. The Balaban J connectivity index is 1.60. The fraction of sp³-hybridized carbons (Fsp3) is 0.444. The van der Waals surface area contributed by atoms with Crippen LogP contribution in [0.3, 0.4) is 0 Å². The van der Waals surface area contributed by atoms with Crippen molar-refractivity contribution in [1.82, 2.24) is 0 Å². The van der Waals surface area contributed by atoms with Crippen LogP contribution in [0.5, 0.6) is 23.0 Å². The number of hydrogen-bond acceptors (Lipinski definition) is 15. The molecule has 0 bridgehead atoms. The Morgan fingerprint density at radius 3 is 2.17 bits per heavy atom. The van der Waals surface area contributed by atoms with Gasteiger partial charge < -0.3 is 69.3 Å². The molecule has 2 saturated heterocycles. The van der Waals surface area contributed by atoms with Crippen molar-refractivity contribution >= 4 is 11.0 Å². The van der Waals surface area contributed by atoms with Gasteiger partial charge in [0.05, 0.1) is 12.7 Å². The molecule has 10 atom stereocenters. The minimum absolute atomic E-state index is 0.112. The molecule has 2 aromatic carbocycles. The van der Waals surface area contributed by atoms with Gasteiger partial charge in [0, 0.05) is 17.7 Å². The van der Waals surface area contributed by atoms with E-state index >= 15 is 0 Å². The van der Waals surface area contributed by atoms with Crippen LogP contribution in [-0.4, -0.2) is 114 Å². The second-order valence-electron chi connectivity index (χ2n) is 10.1. The summed E-state index contributed by atoms with van der Waals surface area (Å²) in [5.74, 6) is -2.03. The highest BCUT2D eigenvalue weighted by atomic mass is 16.8. The van der Waals surface area contributed by atoms with E-state index in [2.05, 4.69) is 0 Å². The predicted octanol–water partition coefficient (Wildman–Crippen LogP) is -1.39. The van der Waals surface area contributed by atoms with Gasteiger partial charge in [-0.3, -0.25) is 4.79 Å². The molecule has 3 heterocycles. The zero-order valence-electron chi connectivity index (χ0n) is 21.9. The Morgan fingerprint density at radius 2 is 1.50 bits per heavy atom. The summed E-state index contributed by atoms with van der Waals surface area (Å²) in [6.07, 6.45) is -16.3. The molecule has 2 fully saturated rings. The van der Waals surface area contributed by atoms with Crippen LogP contribution in [0.25, 0.3) is 22.3 Å². The van der Waals surface area contributed by atoms with Crippen molar-refractivity contribution < 1.29 is 69.3 Å². The van der Waals surface area contributed by atoms with Gasteiger partial charge in [-0.15, -0.1) is 0 Å². The number of aliphatic hydroxyl groups is 6. The fourth-order valence-electron chi connectivity index (χ4n) is 4.87. The van der Waals surface area contributed by atoms with Crippen LogP contribution in [0.4, 0.5) is 0 Å². The van der Waals surface area contributed by atoms with Crippen LogP contribution in [-0.2, 0) is 14.2 Å². The molecule has 15 nitrogen and oxygen atoms in total. The van der Waals surface area contributed by atoms with Crippen molar-refractivity contribution in [2.75, 3.05) is 6.61 Å². The van der Waals surface area contributed by atoms with E-state index in [1.165, 1.54) is 31.2 Å². The molecule has 2 aliphatic heterocycles. The summed E-state index contributed by atoms with van der Waals surface area (Å²) < 4.78 is 28.5. The van der Waals surface area contributed by atoms with E-state index in [1.807, 2.05) is 0 Å². The highest BCUT2D eigenvalue weighted by Crippen LogP contribution is 2.38. The van der Waals surface area contributed by atoms with Gasteiger partial charge in [0.2, 0.25) is 17.5 Å². The lowest BCUT2D eigenvalue weighted by Gasteiger charge is -2.45. The van der Waals surface area contributed by atoms with Crippen LogP contribution < -0.4 is 10.2 Å². The number of rotatable bonds is 6. The first-order chi connectivity index (χ1) is 19.9. The Labute approximate surface area is 236 Å². The second kappa shape index (κ2) is 11.6. The van der Waals surface area contributed by atoms with Crippen LogP contribution in [0, 0.1) is 0 Å². The summed E-state index contributed by atoms with van der Waals surface area (Å²) in [7, 11) is 0. The number of benzene rings is 2. The molecule has 0 saturated carbocycles. The quantitative estimate of drug-likeness (QED) is 0.159.